The molecule has 0 bridgehead atoms. The monoisotopic (exact) mass is 191 g/mol. The van der Waals surface area contributed by atoms with Gasteiger partial charge in [-0.2, -0.15) is 0 Å². The lowest BCUT2D eigenvalue weighted by Crippen LogP contribution is -2.18. The second-order valence-corrected chi connectivity index (χ2v) is 4.08. The first-order valence-corrected chi connectivity index (χ1v) is 5.21. The molecule has 0 radical (unpaired) electrons. The van der Waals surface area contributed by atoms with Gasteiger partial charge in [-0.3, -0.25) is 0 Å². The van der Waals surface area contributed by atoms with Crippen molar-refractivity contribution in [2.24, 2.45) is 5.73 Å². The summed E-state index contributed by atoms with van der Waals surface area (Å²) >= 11 is 0. The van der Waals surface area contributed by atoms with Crippen molar-refractivity contribution in [3.63, 3.8) is 0 Å². The third-order valence-corrected chi connectivity index (χ3v) is 3.11. The summed E-state index contributed by atoms with van der Waals surface area (Å²) in [5.41, 5.74) is 11.1. The van der Waals surface area contributed by atoms with Gasteiger partial charge in [0.2, 0.25) is 0 Å². The van der Waals surface area contributed by atoms with Crippen LogP contribution >= 0.6 is 0 Å². The average molecular weight is 191 g/mol. The third-order valence-electron chi connectivity index (χ3n) is 3.11. The first-order valence-electron chi connectivity index (χ1n) is 5.21. The van der Waals surface area contributed by atoms with Crippen LogP contribution in [0, 0.1) is 6.92 Å². The lowest BCUT2D eigenvalue weighted by Gasteiger charge is -2.16. The molecular weight excluding hydrogens is 174 g/mol. The molecule has 0 unspecified atom stereocenters. The van der Waals surface area contributed by atoms with Gasteiger partial charge in [-0.15, -0.1) is 0 Å². The van der Waals surface area contributed by atoms with Crippen LogP contribution in [0.1, 0.15) is 34.7 Å². The van der Waals surface area contributed by atoms with Crippen molar-refractivity contribution in [2.75, 3.05) is 6.61 Å². The largest absolute Gasteiger partial charge is 0.394 e. The Bertz CT molecular complexity index is 346. The smallest absolute Gasteiger partial charge is 0.0624 e. The van der Waals surface area contributed by atoms with E-state index >= 15 is 0 Å². The van der Waals surface area contributed by atoms with Crippen molar-refractivity contribution in [2.45, 2.75) is 32.2 Å². The maximum absolute atomic E-state index is 9.12. The highest BCUT2D eigenvalue weighted by Crippen LogP contribution is 2.30. The van der Waals surface area contributed by atoms with Crippen LogP contribution < -0.4 is 5.73 Å². The Hall–Kier alpha value is -0.860. The fourth-order valence-electron chi connectivity index (χ4n) is 2.42. The van der Waals surface area contributed by atoms with Gasteiger partial charge in [0.15, 0.2) is 0 Å². The molecule has 1 aromatic rings. The van der Waals surface area contributed by atoms with E-state index in [1.54, 1.807) is 0 Å². The Morgan fingerprint density at radius 2 is 2.21 bits per heavy atom. The summed E-state index contributed by atoms with van der Waals surface area (Å²) in [4.78, 5) is 0. The van der Waals surface area contributed by atoms with Gasteiger partial charge in [0, 0.05) is 0 Å². The number of nitrogens with two attached hydrogens (primary N) is 1. The van der Waals surface area contributed by atoms with Crippen LogP contribution in [0.4, 0.5) is 0 Å². The predicted octanol–water partition coefficient (Wildman–Crippen LogP) is 1.48. The van der Waals surface area contributed by atoms with Crippen molar-refractivity contribution in [3.05, 3.63) is 34.4 Å². The molecule has 0 aliphatic heterocycles. The van der Waals surface area contributed by atoms with Crippen LogP contribution in [0.3, 0.4) is 0 Å². The Balaban J connectivity index is 2.51. The molecule has 0 spiro atoms. The summed E-state index contributed by atoms with van der Waals surface area (Å²) in [6.45, 7) is 2.11. The Kier molecular flexibility index (Phi) is 2.57. The number of fused-ring (bicyclic) bond motifs is 1. The number of hydrogen-bond acceptors (Lipinski definition) is 2. The van der Waals surface area contributed by atoms with Crippen molar-refractivity contribution >= 4 is 0 Å². The minimum atomic E-state index is -0.206. The Morgan fingerprint density at radius 1 is 1.43 bits per heavy atom. The summed E-state index contributed by atoms with van der Waals surface area (Å²) < 4.78 is 0. The number of aliphatic hydroxyl groups is 1. The highest BCUT2D eigenvalue weighted by molar-refractivity contribution is 5.44. The fraction of sp³-hybridized carbons (Fsp3) is 0.500. The summed E-state index contributed by atoms with van der Waals surface area (Å²) in [5, 5.41) is 9.12. The molecule has 0 heterocycles. The molecule has 0 fully saturated rings. The number of aryl methyl sites for hydroxylation is 2. The molecule has 3 N–H and O–H groups in total. The normalized spacial score (nSPS) is 16.8. The van der Waals surface area contributed by atoms with E-state index in [1.807, 2.05) is 0 Å². The average Bonchev–Trinajstić information content (AvgIpc) is 2.64. The van der Waals surface area contributed by atoms with Crippen LogP contribution in [-0.4, -0.2) is 11.7 Å². The quantitative estimate of drug-likeness (QED) is 0.743. The molecule has 1 aliphatic carbocycles. The molecule has 0 saturated heterocycles. The van der Waals surface area contributed by atoms with Crippen LogP contribution in [0.15, 0.2) is 12.1 Å². The van der Waals surface area contributed by atoms with Crippen LogP contribution in [-0.2, 0) is 12.8 Å². The van der Waals surface area contributed by atoms with Crippen molar-refractivity contribution < 1.29 is 5.11 Å². The van der Waals surface area contributed by atoms with E-state index in [-0.39, 0.29) is 12.6 Å². The topological polar surface area (TPSA) is 46.2 Å². The zero-order valence-electron chi connectivity index (χ0n) is 8.59. The predicted molar refractivity (Wildman–Crippen MR) is 57.2 cm³/mol. The second kappa shape index (κ2) is 3.71. The van der Waals surface area contributed by atoms with Gasteiger partial charge < -0.3 is 10.8 Å². The molecule has 14 heavy (non-hydrogen) atoms. The van der Waals surface area contributed by atoms with E-state index in [1.165, 1.54) is 35.1 Å². The minimum Gasteiger partial charge on any atom is -0.394 e. The van der Waals surface area contributed by atoms with E-state index in [0.717, 1.165) is 6.42 Å². The lowest BCUT2D eigenvalue weighted by atomic mass is 9.93. The van der Waals surface area contributed by atoms with Crippen molar-refractivity contribution in [1.82, 2.24) is 0 Å². The highest BCUT2D eigenvalue weighted by Gasteiger charge is 2.19. The molecule has 0 aromatic heterocycles. The van der Waals surface area contributed by atoms with Gasteiger partial charge in [-0.25, -0.2) is 0 Å². The first kappa shape index (κ1) is 9.69. The second-order valence-electron chi connectivity index (χ2n) is 4.08. The van der Waals surface area contributed by atoms with E-state index in [0.29, 0.717) is 0 Å². The number of benzene rings is 1. The van der Waals surface area contributed by atoms with E-state index in [4.69, 9.17) is 10.8 Å². The van der Waals surface area contributed by atoms with E-state index < -0.39 is 0 Å². The number of hydrogen-bond donors (Lipinski definition) is 2. The van der Waals surface area contributed by atoms with E-state index in [2.05, 4.69) is 19.1 Å². The fourth-order valence-corrected chi connectivity index (χ4v) is 2.42. The molecule has 1 atom stereocenters. The standard InChI is InChI=1S/C12H17NO/c1-8-5-6-9-3-2-4-10(9)12(8)11(13)7-14/h5-6,11,14H,2-4,7,13H2,1H3/t11-/m1/s1. The van der Waals surface area contributed by atoms with Gasteiger partial charge in [0.25, 0.3) is 0 Å². The minimum absolute atomic E-state index is 0.0390. The van der Waals surface area contributed by atoms with Crippen LogP contribution in [0.2, 0.25) is 0 Å². The third kappa shape index (κ3) is 1.45. The molecule has 1 aromatic carbocycles. The van der Waals surface area contributed by atoms with Crippen molar-refractivity contribution in [3.8, 4) is 0 Å². The Labute approximate surface area is 84.7 Å². The first-order chi connectivity index (χ1) is 6.74. The van der Waals surface area contributed by atoms with E-state index in [9.17, 15) is 0 Å². The maximum atomic E-state index is 9.12. The van der Waals surface area contributed by atoms with Crippen LogP contribution in [0.5, 0.6) is 0 Å². The molecule has 0 saturated carbocycles. The molecule has 2 heteroatoms. The van der Waals surface area contributed by atoms with Gasteiger partial charge in [-0.1, -0.05) is 12.1 Å². The molecule has 2 nitrogen and oxygen atoms in total. The SMILES string of the molecule is Cc1ccc2c(c1[C@H](N)CO)CCC2. The number of aliphatic hydroxyl groups excluding tert-OH is 1. The van der Waals surface area contributed by atoms with Gasteiger partial charge in [0.05, 0.1) is 12.6 Å². The van der Waals surface area contributed by atoms with Gasteiger partial charge >= 0.3 is 0 Å². The summed E-state index contributed by atoms with van der Waals surface area (Å²) in [6.07, 6.45) is 3.52. The van der Waals surface area contributed by atoms with Gasteiger partial charge in [-0.05, 0) is 48.4 Å². The van der Waals surface area contributed by atoms with Crippen molar-refractivity contribution in [1.29, 1.82) is 0 Å². The molecule has 2 rings (SSSR count). The summed E-state index contributed by atoms with van der Waals surface area (Å²) in [7, 11) is 0. The van der Waals surface area contributed by atoms with Crippen LogP contribution in [0.25, 0.3) is 0 Å². The zero-order valence-corrected chi connectivity index (χ0v) is 8.59. The lowest BCUT2D eigenvalue weighted by molar-refractivity contribution is 0.267. The molecule has 0 amide bonds. The van der Waals surface area contributed by atoms with Gasteiger partial charge in [0.1, 0.15) is 0 Å². The molecular formula is C12H17NO. The zero-order chi connectivity index (χ0) is 10.1. The summed E-state index contributed by atoms with van der Waals surface area (Å²) in [5.74, 6) is 0. The summed E-state index contributed by atoms with van der Waals surface area (Å²) in [6, 6.07) is 4.11. The highest BCUT2D eigenvalue weighted by atomic mass is 16.3. The number of rotatable bonds is 2. The Morgan fingerprint density at radius 3 is 2.93 bits per heavy atom. The molecule has 1 aliphatic rings. The maximum Gasteiger partial charge on any atom is 0.0624 e. The molecule has 76 valence electrons.